The third kappa shape index (κ3) is 3.70. The Balaban J connectivity index is 1.54. The summed E-state index contributed by atoms with van der Waals surface area (Å²) in [6, 6.07) is 15.1. The average Bonchev–Trinajstić information content (AvgIpc) is 3.36. The standard InChI is InChI=1S/C22H26N2O4S/c1-3-24(19-11-12-23(14-19)16(2)17-7-5-4-6-8-17)29(26,27)20-10-9-18-15-28-22(25)21(18)13-20/h4-10,13,16,19H,3,11-12,14-15H2,1-2H3/t16-,19-/m1/s1. The second-order valence-corrected chi connectivity index (χ2v) is 9.52. The van der Waals surface area contributed by atoms with Crippen LogP contribution in [0.1, 0.15) is 47.8 Å². The van der Waals surface area contributed by atoms with E-state index in [1.165, 1.54) is 11.6 Å². The van der Waals surface area contributed by atoms with Crippen molar-refractivity contribution in [3.63, 3.8) is 0 Å². The van der Waals surface area contributed by atoms with E-state index in [9.17, 15) is 13.2 Å². The zero-order valence-corrected chi connectivity index (χ0v) is 17.6. The first-order valence-electron chi connectivity index (χ1n) is 10.0. The number of likely N-dealkylation sites (N-methyl/N-ethyl adjacent to an activating group) is 1. The first-order chi connectivity index (χ1) is 13.9. The molecule has 1 saturated heterocycles. The van der Waals surface area contributed by atoms with Crippen molar-refractivity contribution >= 4 is 16.0 Å². The number of fused-ring (bicyclic) bond motifs is 1. The van der Waals surface area contributed by atoms with E-state index in [0.717, 1.165) is 18.5 Å². The Morgan fingerprint density at radius 3 is 2.69 bits per heavy atom. The maximum Gasteiger partial charge on any atom is 0.338 e. The number of likely N-dealkylation sites (tertiary alicyclic amines) is 1. The summed E-state index contributed by atoms with van der Waals surface area (Å²) in [5, 5.41) is 0. The van der Waals surface area contributed by atoms with Gasteiger partial charge in [0.15, 0.2) is 0 Å². The second kappa shape index (κ2) is 7.89. The normalized spacial score (nSPS) is 20.7. The zero-order chi connectivity index (χ0) is 20.6. The predicted octanol–water partition coefficient (Wildman–Crippen LogP) is 3.20. The molecule has 0 spiro atoms. The highest BCUT2D eigenvalue weighted by molar-refractivity contribution is 7.89. The predicted molar refractivity (Wildman–Crippen MR) is 110 cm³/mol. The molecule has 154 valence electrons. The number of ether oxygens (including phenoxy) is 1. The molecule has 1 fully saturated rings. The maximum atomic E-state index is 13.4. The van der Waals surface area contributed by atoms with Crippen LogP contribution in [-0.2, 0) is 21.4 Å². The van der Waals surface area contributed by atoms with Crippen LogP contribution in [0.3, 0.4) is 0 Å². The number of hydrogen-bond donors (Lipinski definition) is 0. The van der Waals surface area contributed by atoms with Crippen molar-refractivity contribution in [3.05, 3.63) is 65.2 Å². The van der Waals surface area contributed by atoms with Crippen LogP contribution in [0, 0.1) is 0 Å². The first-order valence-corrected chi connectivity index (χ1v) is 11.5. The lowest BCUT2D eigenvalue weighted by molar-refractivity contribution is 0.0535. The SMILES string of the molecule is CCN([C@@H]1CCN([C@H](C)c2ccccc2)C1)S(=O)(=O)c1ccc2c(c1)C(=O)OC2. The number of carbonyl (C=O) groups excluding carboxylic acids is 1. The highest BCUT2D eigenvalue weighted by Gasteiger charge is 2.37. The Morgan fingerprint density at radius 2 is 1.97 bits per heavy atom. The summed E-state index contributed by atoms with van der Waals surface area (Å²) in [6.45, 7) is 6.17. The zero-order valence-electron chi connectivity index (χ0n) is 16.7. The lowest BCUT2D eigenvalue weighted by atomic mass is 10.1. The topological polar surface area (TPSA) is 66.9 Å². The lowest BCUT2D eigenvalue weighted by Gasteiger charge is -2.29. The molecule has 0 bridgehead atoms. The molecule has 0 N–H and O–H groups in total. The number of sulfonamides is 1. The van der Waals surface area contributed by atoms with E-state index in [1.807, 2.05) is 25.1 Å². The molecule has 0 aromatic heterocycles. The Hall–Kier alpha value is -2.22. The molecule has 7 heteroatoms. The molecule has 2 aliphatic rings. The van der Waals surface area contributed by atoms with Crippen molar-refractivity contribution < 1.29 is 17.9 Å². The van der Waals surface area contributed by atoms with Gasteiger partial charge >= 0.3 is 5.97 Å². The molecule has 2 atom stereocenters. The first kappa shape index (κ1) is 20.1. The van der Waals surface area contributed by atoms with E-state index in [2.05, 4.69) is 24.0 Å². The molecule has 4 rings (SSSR count). The number of hydrogen-bond acceptors (Lipinski definition) is 5. The summed E-state index contributed by atoms with van der Waals surface area (Å²) >= 11 is 0. The molecule has 0 unspecified atom stereocenters. The van der Waals surface area contributed by atoms with Crippen LogP contribution >= 0.6 is 0 Å². The summed E-state index contributed by atoms with van der Waals surface area (Å²) in [7, 11) is -3.69. The minimum absolute atomic E-state index is 0.0867. The molecule has 0 aliphatic carbocycles. The van der Waals surface area contributed by atoms with Gasteiger partial charge in [-0.25, -0.2) is 13.2 Å². The molecule has 2 heterocycles. The Labute approximate surface area is 172 Å². The van der Waals surface area contributed by atoms with Gasteiger partial charge in [-0.1, -0.05) is 43.3 Å². The summed E-state index contributed by atoms with van der Waals surface area (Å²) < 4.78 is 33.3. The van der Waals surface area contributed by atoms with Crippen molar-refractivity contribution in [3.8, 4) is 0 Å². The Kier molecular flexibility index (Phi) is 5.46. The fraction of sp³-hybridized carbons (Fsp3) is 0.409. The van der Waals surface area contributed by atoms with Gasteiger partial charge in [0.25, 0.3) is 0 Å². The van der Waals surface area contributed by atoms with Crippen molar-refractivity contribution in [1.29, 1.82) is 0 Å². The van der Waals surface area contributed by atoms with Crippen LogP contribution in [-0.4, -0.2) is 49.3 Å². The number of benzene rings is 2. The summed E-state index contributed by atoms with van der Waals surface area (Å²) in [5.41, 5.74) is 2.32. The molecule has 2 aliphatic heterocycles. The van der Waals surface area contributed by atoms with E-state index >= 15 is 0 Å². The second-order valence-electron chi connectivity index (χ2n) is 7.63. The van der Waals surface area contributed by atoms with Gasteiger partial charge in [-0.2, -0.15) is 4.31 Å². The molecule has 29 heavy (non-hydrogen) atoms. The van der Waals surface area contributed by atoms with Crippen LogP contribution in [0.4, 0.5) is 0 Å². The number of esters is 1. The van der Waals surface area contributed by atoms with Gasteiger partial charge < -0.3 is 4.74 Å². The Bertz CT molecular complexity index is 1010. The molecular formula is C22H26N2O4S. The van der Waals surface area contributed by atoms with Crippen LogP contribution in [0.5, 0.6) is 0 Å². The van der Waals surface area contributed by atoms with Crippen LogP contribution in [0.2, 0.25) is 0 Å². The molecule has 6 nitrogen and oxygen atoms in total. The fourth-order valence-corrected chi connectivity index (χ4v) is 5.99. The average molecular weight is 415 g/mol. The number of rotatable bonds is 6. The minimum atomic E-state index is -3.69. The van der Waals surface area contributed by atoms with Crippen LogP contribution in [0.15, 0.2) is 53.4 Å². The number of carbonyl (C=O) groups is 1. The van der Waals surface area contributed by atoms with Crippen LogP contribution in [0.25, 0.3) is 0 Å². The number of nitrogens with zero attached hydrogens (tertiary/aromatic N) is 2. The fourth-order valence-electron chi connectivity index (χ4n) is 4.31. The molecule has 0 radical (unpaired) electrons. The summed E-state index contributed by atoms with van der Waals surface area (Å²) in [6.07, 6.45) is 0.789. The van der Waals surface area contributed by atoms with Crippen LogP contribution < -0.4 is 0 Å². The van der Waals surface area contributed by atoms with E-state index in [0.29, 0.717) is 18.7 Å². The van der Waals surface area contributed by atoms with E-state index in [1.54, 1.807) is 16.4 Å². The maximum absolute atomic E-state index is 13.4. The minimum Gasteiger partial charge on any atom is -0.457 e. The smallest absolute Gasteiger partial charge is 0.338 e. The van der Waals surface area contributed by atoms with Crippen molar-refractivity contribution in [2.24, 2.45) is 0 Å². The largest absolute Gasteiger partial charge is 0.457 e. The molecule has 2 aromatic rings. The van der Waals surface area contributed by atoms with Gasteiger partial charge in [0.1, 0.15) is 6.61 Å². The highest BCUT2D eigenvalue weighted by Crippen LogP contribution is 2.30. The van der Waals surface area contributed by atoms with E-state index < -0.39 is 16.0 Å². The van der Waals surface area contributed by atoms with Crippen molar-refractivity contribution in [2.45, 2.75) is 43.9 Å². The lowest BCUT2D eigenvalue weighted by Crippen LogP contribution is -2.42. The van der Waals surface area contributed by atoms with Gasteiger partial charge in [-0.05, 0) is 31.0 Å². The quantitative estimate of drug-likeness (QED) is 0.679. The Morgan fingerprint density at radius 1 is 1.21 bits per heavy atom. The molecule has 2 aromatic carbocycles. The molecular weight excluding hydrogens is 388 g/mol. The monoisotopic (exact) mass is 414 g/mol. The highest BCUT2D eigenvalue weighted by atomic mass is 32.2. The van der Waals surface area contributed by atoms with Gasteiger partial charge in [-0.3, -0.25) is 4.90 Å². The van der Waals surface area contributed by atoms with Gasteiger partial charge in [0.2, 0.25) is 10.0 Å². The van der Waals surface area contributed by atoms with Crippen molar-refractivity contribution in [2.75, 3.05) is 19.6 Å². The van der Waals surface area contributed by atoms with E-state index in [4.69, 9.17) is 4.74 Å². The van der Waals surface area contributed by atoms with Gasteiger partial charge in [0.05, 0.1) is 10.5 Å². The van der Waals surface area contributed by atoms with Gasteiger partial charge in [-0.15, -0.1) is 0 Å². The van der Waals surface area contributed by atoms with Gasteiger partial charge in [0, 0.05) is 37.3 Å². The third-order valence-electron chi connectivity index (χ3n) is 6.01. The summed E-state index contributed by atoms with van der Waals surface area (Å²) in [4.78, 5) is 14.3. The molecule has 0 saturated carbocycles. The number of cyclic esters (lactones) is 1. The third-order valence-corrected chi connectivity index (χ3v) is 8.03. The molecule has 0 amide bonds. The van der Waals surface area contributed by atoms with Crippen molar-refractivity contribution in [1.82, 2.24) is 9.21 Å². The van der Waals surface area contributed by atoms with E-state index in [-0.39, 0.29) is 23.6 Å². The summed E-state index contributed by atoms with van der Waals surface area (Å²) in [5.74, 6) is -0.455.